The molecule has 0 amide bonds. The fraction of sp³-hybridized carbons (Fsp3) is 0.417. The molecule has 0 heterocycles. The zero-order chi connectivity index (χ0) is 15.3. The van der Waals surface area contributed by atoms with Gasteiger partial charge >= 0.3 is 5.97 Å². The molecule has 0 bridgehead atoms. The van der Waals surface area contributed by atoms with Gasteiger partial charge in [-0.1, -0.05) is 11.6 Å². The van der Waals surface area contributed by atoms with E-state index in [0.717, 1.165) is 11.8 Å². The molecule has 0 radical (unpaired) electrons. The highest BCUT2D eigenvalue weighted by Gasteiger charge is 2.21. The van der Waals surface area contributed by atoms with Gasteiger partial charge in [0.25, 0.3) is 0 Å². The molecule has 20 heavy (non-hydrogen) atoms. The smallest absolute Gasteiger partial charge is 0.335 e. The number of benzene rings is 1. The van der Waals surface area contributed by atoms with Gasteiger partial charge in [-0.25, -0.2) is 17.9 Å². The average molecular weight is 338 g/mol. The first-order chi connectivity index (χ1) is 9.27. The number of hydrogen-bond acceptors (Lipinski definition) is 4. The van der Waals surface area contributed by atoms with Gasteiger partial charge in [-0.05, 0) is 43.6 Å². The van der Waals surface area contributed by atoms with Crippen molar-refractivity contribution in [3.63, 3.8) is 0 Å². The van der Waals surface area contributed by atoms with Crippen LogP contribution in [0.15, 0.2) is 23.1 Å². The van der Waals surface area contributed by atoms with E-state index in [-0.39, 0.29) is 21.5 Å². The molecule has 1 rings (SSSR count). The Balaban J connectivity index is 3.03. The number of rotatable bonds is 7. The highest BCUT2D eigenvalue weighted by molar-refractivity contribution is 7.98. The maximum atomic E-state index is 12.2. The molecular weight excluding hydrogens is 322 g/mol. The minimum atomic E-state index is -3.83. The number of hydrogen-bond donors (Lipinski definition) is 2. The SMILES string of the molecule is CSCCC(C)NS(=O)(=O)c1cc(C(=O)O)ccc1Cl. The van der Waals surface area contributed by atoms with Crippen LogP contribution in [0.25, 0.3) is 0 Å². The molecule has 2 N–H and O–H groups in total. The second-order valence-corrected chi connectivity index (χ2v) is 7.33. The summed E-state index contributed by atoms with van der Waals surface area (Å²) >= 11 is 7.48. The fourth-order valence-corrected chi connectivity index (χ4v) is 3.92. The Morgan fingerprint density at radius 1 is 1.50 bits per heavy atom. The maximum Gasteiger partial charge on any atom is 0.335 e. The second kappa shape index (κ2) is 7.31. The van der Waals surface area contributed by atoms with E-state index in [4.69, 9.17) is 16.7 Å². The lowest BCUT2D eigenvalue weighted by molar-refractivity contribution is 0.0696. The van der Waals surface area contributed by atoms with Crippen molar-refractivity contribution in [1.29, 1.82) is 0 Å². The van der Waals surface area contributed by atoms with Crippen LogP contribution in [0.1, 0.15) is 23.7 Å². The Morgan fingerprint density at radius 3 is 2.70 bits per heavy atom. The van der Waals surface area contributed by atoms with Crippen molar-refractivity contribution in [1.82, 2.24) is 4.72 Å². The quantitative estimate of drug-likeness (QED) is 0.798. The highest BCUT2D eigenvalue weighted by atomic mass is 35.5. The molecule has 112 valence electrons. The van der Waals surface area contributed by atoms with Gasteiger partial charge in [-0.2, -0.15) is 11.8 Å². The van der Waals surface area contributed by atoms with Crippen LogP contribution >= 0.6 is 23.4 Å². The van der Waals surface area contributed by atoms with Crippen molar-refractivity contribution < 1.29 is 18.3 Å². The molecule has 0 aromatic heterocycles. The van der Waals surface area contributed by atoms with Gasteiger partial charge in [0.2, 0.25) is 10.0 Å². The molecule has 0 aliphatic carbocycles. The van der Waals surface area contributed by atoms with E-state index in [9.17, 15) is 13.2 Å². The molecule has 0 aliphatic heterocycles. The average Bonchev–Trinajstić information content (AvgIpc) is 2.35. The predicted octanol–water partition coefficient (Wildman–Crippen LogP) is 2.46. The van der Waals surface area contributed by atoms with Crippen molar-refractivity contribution in [2.45, 2.75) is 24.3 Å². The normalized spacial score (nSPS) is 13.2. The van der Waals surface area contributed by atoms with Crippen LogP contribution in [0, 0.1) is 0 Å². The standard InChI is InChI=1S/C12H16ClNO4S2/c1-8(5-6-19-2)14-20(17,18)11-7-9(12(15)16)3-4-10(11)13/h3-4,7-8,14H,5-6H2,1-2H3,(H,15,16). The van der Waals surface area contributed by atoms with Crippen molar-refractivity contribution in [2.24, 2.45) is 0 Å². The zero-order valence-corrected chi connectivity index (χ0v) is 13.5. The molecule has 1 aromatic rings. The number of halogens is 1. The first-order valence-corrected chi connectivity index (χ1v) is 9.07. The summed E-state index contributed by atoms with van der Waals surface area (Å²) in [7, 11) is -3.83. The summed E-state index contributed by atoms with van der Waals surface area (Å²) in [6, 6.07) is 3.35. The summed E-state index contributed by atoms with van der Waals surface area (Å²) in [5, 5.41) is 8.90. The third-order valence-electron chi connectivity index (χ3n) is 2.58. The molecular formula is C12H16ClNO4S2. The maximum absolute atomic E-state index is 12.2. The Kier molecular flexibility index (Phi) is 6.32. The molecule has 1 unspecified atom stereocenters. The fourth-order valence-electron chi connectivity index (χ4n) is 1.52. The summed E-state index contributed by atoms with van der Waals surface area (Å²) in [6.45, 7) is 1.75. The van der Waals surface area contributed by atoms with Crippen LogP contribution in [-0.2, 0) is 10.0 Å². The number of sulfonamides is 1. The lowest BCUT2D eigenvalue weighted by Gasteiger charge is -2.14. The molecule has 5 nitrogen and oxygen atoms in total. The molecule has 0 spiro atoms. The predicted molar refractivity (Wildman–Crippen MR) is 81.2 cm³/mol. The lowest BCUT2D eigenvalue weighted by Crippen LogP contribution is -2.33. The van der Waals surface area contributed by atoms with Gasteiger partial charge < -0.3 is 5.11 Å². The largest absolute Gasteiger partial charge is 0.478 e. The number of nitrogens with one attached hydrogen (secondary N) is 1. The van der Waals surface area contributed by atoms with Crippen LogP contribution < -0.4 is 4.72 Å². The van der Waals surface area contributed by atoms with Crippen LogP contribution in [-0.4, -0.2) is 37.5 Å². The van der Waals surface area contributed by atoms with Crippen molar-refractivity contribution >= 4 is 39.4 Å². The Morgan fingerprint density at radius 2 is 2.15 bits per heavy atom. The summed E-state index contributed by atoms with van der Waals surface area (Å²) < 4.78 is 26.9. The van der Waals surface area contributed by atoms with Crippen LogP contribution in [0.5, 0.6) is 0 Å². The van der Waals surface area contributed by atoms with Crippen LogP contribution in [0.3, 0.4) is 0 Å². The molecule has 0 fully saturated rings. The molecule has 0 saturated heterocycles. The van der Waals surface area contributed by atoms with Gasteiger partial charge in [-0.3, -0.25) is 0 Å². The van der Waals surface area contributed by atoms with Crippen molar-refractivity contribution in [3.05, 3.63) is 28.8 Å². The summed E-state index contributed by atoms with van der Waals surface area (Å²) in [5.41, 5.74) is -0.119. The summed E-state index contributed by atoms with van der Waals surface area (Å²) in [5.74, 6) is -0.374. The second-order valence-electron chi connectivity index (χ2n) is 4.25. The number of carbonyl (C=O) groups is 1. The molecule has 0 saturated carbocycles. The Hall–Kier alpha value is -0.760. The van der Waals surface area contributed by atoms with Gasteiger partial charge in [0.05, 0.1) is 10.6 Å². The first-order valence-electron chi connectivity index (χ1n) is 5.82. The molecule has 1 atom stereocenters. The minimum absolute atomic E-state index is 0.000401. The Labute approximate surface area is 127 Å². The topological polar surface area (TPSA) is 83.5 Å². The van der Waals surface area contributed by atoms with E-state index in [2.05, 4.69) is 4.72 Å². The highest BCUT2D eigenvalue weighted by Crippen LogP contribution is 2.23. The number of carboxylic acid groups (broad SMARTS) is 1. The number of thioether (sulfide) groups is 1. The van der Waals surface area contributed by atoms with Gasteiger partial charge in [0, 0.05) is 6.04 Å². The Bertz CT molecular complexity index is 589. The van der Waals surface area contributed by atoms with Gasteiger partial charge in [0.15, 0.2) is 0 Å². The monoisotopic (exact) mass is 337 g/mol. The third-order valence-corrected chi connectivity index (χ3v) is 5.29. The van der Waals surface area contributed by atoms with Crippen molar-refractivity contribution in [3.8, 4) is 0 Å². The van der Waals surface area contributed by atoms with Gasteiger partial charge in [-0.15, -0.1) is 0 Å². The zero-order valence-electron chi connectivity index (χ0n) is 11.1. The van der Waals surface area contributed by atoms with E-state index in [1.165, 1.54) is 12.1 Å². The summed E-state index contributed by atoms with van der Waals surface area (Å²) in [4.78, 5) is 10.7. The minimum Gasteiger partial charge on any atom is -0.478 e. The third kappa shape index (κ3) is 4.66. The van der Waals surface area contributed by atoms with Crippen molar-refractivity contribution in [2.75, 3.05) is 12.0 Å². The number of aromatic carboxylic acids is 1. The van der Waals surface area contributed by atoms with Gasteiger partial charge in [0.1, 0.15) is 4.90 Å². The lowest BCUT2D eigenvalue weighted by atomic mass is 10.2. The van der Waals surface area contributed by atoms with E-state index >= 15 is 0 Å². The van der Waals surface area contributed by atoms with E-state index in [1.807, 2.05) is 6.26 Å². The first kappa shape index (κ1) is 17.3. The van der Waals surface area contributed by atoms with E-state index < -0.39 is 16.0 Å². The number of carboxylic acids is 1. The van der Waals surface area contributed by atoms with E-state index in [1.54, 1.807) is 18.7 Å². The van der Waals surface area contributed by atoms with E-state index in [0.29, 0.717) is 6.42 Å². The molecule has 0 aliphatic rings. The van der Waals surface area contributed by atoms with Crippen LogP contribution in [0.4, 0.5) is 0 Å². The molecule has 8 heteroatoms. The molecule has 1 aromatic carbocycles. The van der Waals surface area contributed by atoms with Crippen LogP contribution in [0.2, 0.25) is 5.02 Å². The summed E-state index contributed by atoms with van der Waals surface area (Å²) in [6.07, 6.45) is 2.62.